The molecular formula is C24H37N3O5S. The lowest BCUT2D eigenvalue weighted by atomic mass is 10.1. The van der Waals surface area contributed by atoms with Gasteiger partial charge < -0.3 is 14.5 Å². The van der Waals surface area contributed by atoms with Crippen LogP contribution in [0.3, 0.4) is 0 Å². The number of carbonyl (C=O) groups excluding carboxylic acids is 1. The third-order valence-corrected chi connectivity index (χ3v) is 7.99. The molecule has 1 saturated heterocycles. The lowest BCUT2D eigenvalue weighted by Gasteiger charge is -2.26. The molecule has 1 amide bonds. The molecular weight excluding hydrogens is 442 g/mol. The van der Waals surface area contributed by atoms with Crippen LogP contribution in [0.5, 0.6) is 0 Å². The van der Waals surface area contributed by atoms with E-state index in [1.807, 2.05) is 0 Å². The van der Waals surface area contributed by atoms with Gasteiger partial charge in [-0.15, -0.1) is 0 Å². The fraction of sp³-hybridized carbons (Fsp3) is 0.625. The first kappa shape index (κ1) is 25.7. The van der Waals surface area contributed by atoms with Gasteiger partial charge in [-0.25, -0.2) is 8.42 Å². The number of amides is 1. The van der Waals surface area contributed by atoms with Gasteiger partial charge in [-0.05, 0) is 38.0 Å². The summed E-state index contributed by atoms with van der Waals surface area (Å²) >= 11 is 0. The largest absolute Gasteiger partial charge is 0.451 e. The number of sulfonamides is 1. The lowest BCUT2D eigenvalue weighted by molar-refractivity contribution is 0.0382. The summed E-state index contributed by atoms with van der Waals surface area (Å²) in [6, 6.07) is 4.86. The zero-order valence-electron chi connectivity index (χ0n) is 20.1. The Morgan fingerprint density at radius 2 is 1.79 bits per heavy atom. The maximum atomic E-state index is 13.3. The zero-order valence-corrected chi connectivity index (χ0v) is 20.9. The molecule has 2 aromatic rings. The summed E-state index contributed by atoms with van der Waals surface area (Å²) in [5, 5.41) is 3.57. The van der Waals surface area contributed by atoms with Crippen LogP contribution in [0.1, 0.15) is 55.6 Å². The molecule has 1 aromatic heterocycles. The minimum absolute atomic E-state index is 0.232. The highest BCUT2D eigenvalue weighted by Crippen LogP contribution is 2.29. The number of ether oxygens (including phenoxy) is 1. The molecule has 0 unspecified atom stereocenters. The van der Waals surface area contributed by atoms with Crippen LogP contribution in [0.2, 0.25) is 0 Å². The van der Waals surface area contributed by atoms with E-state index in [1.165, 1.54) is 0 Å². The van der Waals surface area contributed by atoms with Crippen LogP contribution in [0.4, 0.5) is 0 Å². The van der Waals surface area contributed by atoms with Gasteiger partial charge in [0.1, 0.15) is 5.58 Å². The molecule has 1 fully saturated rings. The minimum atomic E-state index is -3.62. The monoisotopic (exact) mass is 479 g/mol. The Morgan fingerprint density at radius 1 is 1.12 bits per heavy atom. The van der Waals surface area contributed by atoms with E-state index in [2.05, 4.69) is 24.1 Å². The number of rotatable bonds is 12. The van der Waals surface area contributed by atoms with Crippen LogP contribution in [0.15, 0.2) is 27.5 Å². The van der Waals surface area contributed by atoms with E-state index in [9.17, 15) is 13.2 Å². The summed E-state index contributed by atoms with van der Waals surface area (Å²) in [7, 11) is -3.62. The maximum Gasteiger partial charge on any atom is 0.287 e. The Labute approximate surface area is 197 Å². The Hall–Kier alpha value is -1.94. The van der Waals surface area contributed by atoms with Gasteiger partial charge in [0.05, 0.1) is 18.1 Å². The van der Waals surface area contributed by atoms with Crippen molar-refractivity contribution in [1.82, 2.24) is 14.5 Å². The van der Waals surface area contributed by atoms with E-state index in [0.717, 1.165) is 58.5 Å². The molecule has 0 atom stereocenters. The van der Waals surface area contributed by atoms with Gasteiger partial charge in [0, 0.05) is 50.2 Å². The molecule has 1 N–H and O–H groups in total. The van der Waals surface area contributed by atoms with Gasteiger partial charge in [0.25, 0.3) is 5.91 Å². The van der Waals surface area contributed by atoms with Crippen molar-refractivity contribution in [2.75, 3.05) is 52.5 Å². The average Bonchev–Trinajstić information content (AvgIpc) is 3.15. The topological polar surface area (TPSA) is 92.1 Å². The molecule has 1 aliphatic heterocycles. The molecule has 0 radical (unpaired) electrons. The first-order valence-corrected chi connectivity index (χ1v) is 13.4. The summed E-state index contributed by atoms with van der Waals surface area (Å²) in [5.74, 6) is -0.0516. The Bertz CT molecular complexity index is 1020. The van der Waals surface area contributed by atoms with Crippen LogP contribution in [0, 0.1) is 6.92 Å². The number of hydrogen-bond acceptors (Lipinski definition) is 6. The van der Waals surface area contributed by atoms with Gasteiger partial charge >= 0.3 is 0 Å². The smallest absolute Gasteiger partial charge is 0.287 e. The highest BCUT2D eigenvalue weighted by molar-refractivity contribution is 7.89. The summed E-state index contributed by atoms with van der Waals surface area (Å²) in [4.78, 5) is 15.2. The molecule has 2 heterocycles. The molecule has 8 nitrogen and oxygen atoms in total. The van der Waals surface area contributed by atoms with Gasteiger partial charge in [-0.3, -0.25) is 9.69 Å². The van der Waals surface area contributed by atoms with Crippen molar-refractivity contribution in [2.24, 2.45) is 0 Å². The summed E-state index contributed by atoms with van der Waals surface area (Å²) in [6.45, 7) is 11.4. The molecule has 184 valence electrons. The van der Waals surface area contributed by atoms with Crippen LogP contribution < -0.4 is 5.32 Å². The third-order valence-electron chi connectivity index (χ3n) is 6.09. The van der Waals surface area contributed by atoms with Crippen LogP contribution in [-0.4, -0.2) is 76.0 Å². The van der Waals surface area contributed by atoms with Crippen molar-refractivity contribution in [3.63, 3.8) is 0 Å². The minimum Gasteiger partial charge on any atom is -0.451 e. The maximum absolute atomic E-state index is 13.3. The van der Waals surface area contributed by atoms with Gasteiger partial charge in [0.15, 0.2) is 5.76 Å². The Kier molecular flexibility index (Phi) is 9.31. The van der Waals surface area contributed by atoms with Crippen LogP contribution >= 0.6 is 0 Å². The number of benzene rings is 1. The predicted octanol–water partition coefficient (Wildman–Crippen LogP) is 3.39. The SMILES string of the molecule is CCCCN(CCCC)S(=O)(=O)c1ccc2oc(C(=O)NCCN3CCOCC3)c(C)c2c1. The number of aryl methyl sites for hydroxylation is 1. The fourth-order valence-corrected chi connectivity index (χ4v) is 5.52. The summed E-state index contributed by atoms with van der Waals surface area (Å²) < 4.78 is 39.4. The highest BCUT2D eigenvalue weighted by Gasteiger charge is 2.26. The molecule has 3 rings (SSSR count). The van der Waals surface area contributed by atoms with E-state index in [1.54, 1.807) is 29.4 Å². The number of nitrogens with zero attached hydrogens (tertiary/aromatic N) is 2. The first-order chi connectivity index (χ1) is 15.9. The summed E-state index contributed by atoms with van der Waals surface area (Å²) in [6.07, 6.45) is 3.51. The molecule has 1 aliphatic rings. The van der Waals surface area contributed by atoms with Crippen molar-refractivity contribution in [2.45, 2.75) is 51.3 Å². The Morgan fingerprint density at radius 3 is 2.42 bits per heavy atom. The normalized spacial score (nSPS) is 15.4. The molecule has 0 aliphatic carbocycles. The molecule has 0 spiro atoms. The zero-order chi connectivity index (χ0) is 23.8. The third kappa shape index (κ3) is 6.35. The average molecular weight is 480 g/mol. The molecule has 0 bridgehead atoms. The summed E-state index contributed by atoms with van der Waals surface area (Å²) in [5.41, 5.74) is 1.16. The second-order valence-corrected chi connectivity index (χ2v) is 10.5. The molecule has 1 aromatic carbocycles. The van der Waals surface area contributed by atoms with Crippen molar-refractivity contribution in [3.8, 4) is 0 Å². The number of hydrogen-bond donors (Lipinski definition) is 1. The number of unbranched alkanes of at least 4 members (excludes halogenated alkanes) is 2. The molecule has 33 heavy (non-hydrogen) atoms. The van der Waals surface area contributed by atoms with E-state index >= 15 is 0 Å². The second-order valence-electron chi connectivity index (χ2n) is 8.54. The van der Waals surface area contributed by atoms with E-state index < -0.39 is 10.0 Å². The number of fused-ring (bicyclic) bond motifs is 1. The van der Waals surface area contributed by atoms with E-state index in [0.29, 0.717) is 36.2 Å². The van der Waals surface area contributed by atoms with Crippen molar-refractivity contribution < 1.29 is 22.4 Å². The van der Waals surface area contributed by atoms with E-state index in [-0.39, 0.29) is 16.6 Å². The van der Waals surface area contributed by atoms with Gasteiger partial charge in [0.2, 0.25) is 10.0 Å². The lowest BCUT2D eigenvalue weighted by Crippen LogP contribution is -2.41. The van der Waals surface area contributed by atoms with E-state index in [4.69, 9.17) is 9.15 Å². The standard InChI is InChI=1S/C24H37N3O5S/c1-4-6-11-27(12-7-5-2)33(29,30)20-8-9-22-21(18-20)19(3)23(32-22)24(28)25-10-13-26-14-16-31-17-15-26/h8-9,18H,4-7,10-17H2,1-3H3,(H,25,28). The quantitative estimate of drug-likeness (QED) is 0.502. The van der Waals surface area contributed by atoms with Crippen LogP contribution in [-0.2, 0) is 14.8 Å². The van der Waals surface area contributed by atoms with Crippen molar-refractivity contribution in [3.05, 3.63) is 29.5 Å². The predicted molar refractivity (Wildman–Crippen MR) is 129 cm³/mol. The second kappa shape index (κ2) is 12.0. The number of morpholine rings is 1. The highest BCUT2D eigenvalue weighted by atomic mass is 32.2. The number of nitrogens with one attached hydrogen (secondary N) is 1. The molecule has 0 saturated carbocycles. The van der Waals surface area contributed by atoms with Gasteiger partial charge in [-0.2, -0.15) is 4.31 Å². The van der Waals surface area contributed by atoms with Crippen molar-refractivity contribution >= 4 is 26.9 Å². The van der Waals surface area contributed by atoms with Crippen molar-refractivity contribution in [1.29, 1.82) is 0 Å². The fourth-order valence-electron chi connectivity index (χ4n) is 3.98. The molecule has 9 heteroatoms. The Balaban J connectivity index is 1.75. The number of carbonyl (C=O) groups is 1. The van der Waals surface area contributed by atoms with Gasteiger partial charge in [-0.1, -0.05) is 26.7 Å². The number of furan rings is 1. The van der Waals surface area contributed by atoms with Crippen LogP contribution in [0.25, 0.3) is 11.0 Å². The first-order valence-electron chi connectivity index (χ1n) is 12.0.